The number of nitrogens with zero attached hydrogens (tertiary/aromatic N) is 2. The van der Waals surface area contributed by atoms with Crippen LogP contribution >= 0.6 is 11.6 Å². The molecule has 2 rings (SSSR count). The molecule has 142 valence electrons. The minimum atomic E-state index is -5.25. The number of halogens is 4. The van der Waals surface area contributed by atoms with E-state index in [2.05, 4.69) is 5.10 Å². The summed E-state index contributed by atoms with van der Waals surface area (Å²) < 4.78 is 45.0. The molecule has 1 aliphatic rings. The van der Waals surface area contributed by atoms with Crippen molar-refractivity contribution in [1.82, 2.24) is 5.01 Å². The quantitative estimate of drug-likeness (QED) is 0.588. The van der Waals surface area contributed by atoms with Crippen molar-refractivity contribution >= 4 is 29.2 Å². The summed E-state index contributed by atoms with van der Waals surface area (Å²) in [6, 6.07) is 5.62. The van der Waals surface area contributed by atoms with Gasteiger partial charge in [0, 0.05) is 5.02 Å². The molecule has 1 atom stereocenters. The number of benzene rings is 1. The van der Waals surface area contributed by atoms with Crippen LogP contribution in [0.2, 0.25) is 5.02 Å². The van der Waals surface area contributed by atoms with E-state index >= 15 is 0 Å². The molecule has 1 aromatic carbocycles. The SMILES string of the molecule is CC(C)(C)OC(=O)C(=O)N1N=C(c2ccc(Cl)cc2)C[C@@]1(O)C(F)(F)F. The summed E-state index contributed by atoms with van der Waals surface area (Å²) in [4.78, 5) is 24.0. The highest BCUT2D eigenvalue weighted by molar-refractivity contribution is 6.33. The second-order valence-electron chi connectivity index (χ2n) is 6.66. The molecule has 6 nitrogen and oxygen atoms in total. The predicted octanol–water partition coefficient (Wildman–Crippen LogP) is 2.87. The molecule has 0 saturated carbocycles. The Morgan fingerprint density at radius 3 is 2.23 bits per heavy atom. The second-order valence-corrected chi connectivity index (χ2v) is 7.10. The van der Waals surface area contributed by atoms with E-state index < -0.39 is 35.8 Å². The van der Waals surface area contributed by atoms with Crippen molar-refractivity contribution in [2.45, 2.75) is 44.7 Å². The van der Waals surface area contributed by atoms with Crippen molar-refractivity contribution in [1.29, 1.82) is 0 Å². The molecular weight excluding hydrogens is 377 g/mol. The molecule has 0 aliphatic carbocycles. The Labute approximate surface area is 152 Å². The van der Waals surface area contributed by atoms with E-state index in [9.17, 15) is 27.9 Å². The summed E-state index contributed by atoms with van der Waals surface area (Å²) in [6.07, 6.45) is -6.28. The molecule has 10 heteroatoms. The van der Waals surface area contributed by atoms with E-state index in [1.165, 1.54) is 45.0 Å². The van der Waals surface area contributed by atoms with E-state index in [4.69, 9.17) is 16.3 Å². The Bertz CT molecular complexity index is 756. The van der Waals surface area contributed by atoms with Crippen LogP contribution in [0.4, 0.5) is 13.2 Å². The topological polar surface area (TPSA) is 79.2 Å². The molecule has 0 unspecified atom stereocenters. The number of carbonyl (C=O) groups is 2. The molecule has 0 saturated heterocycles. The Hall–Kier alpha value is -2.13. The number of carbonyl (C=O) groups excluding carboxylic acids is 2. The first-order valence-electron chi connectivity index (χ1n) is 7.45. The number of esters is 1. The molecule has 0 radical (unpaired) electrons. The molecule has 1 aromatic rings. The smallest absolute Gasteiger partial charge is 0.438 e. The molecule has 1 aliphatic heterocycles. The zero-order valence-corrected chi connectivity index (χ0v) is 14.9. The normalized spacial score (nSPS) is 20.8. The van der Waals surface area contributed by atoms with Gasteiger partial charge in [-0.3, -0.25) is 4.79 Å². The van der Waals surface area contributed by atoms with E-state index in [1.807, 2.05) is 0 Å². The van der Waals surface area contributed by atoms with E-state index in [0.29, 0.717) is 5.02 Å². The van der Waals surface area contributed by atoms with Crippen molar-refractivity contribution < 1.29 is 32.6 Å². The number of aliphatic hydroxyl groups is 1. The van der Waals surface area contributed by atoms with Crippen LogP contribution in [0.1, 0.15) is 32.8 Å². The third-order valence-corrected chi connectivity index (χ3v) is 3.63. The standard InChI is InChI=1S/C16H16ClF3N2O4/c1-14(2,3)26-13(24)12(23)22-15(25,16(18,19)20)8-11(21-22)9-4-6-10(17)7-5-9/h4-7,25H,8H2,1-3H3/t15-/m1/s1. The lowest BCUT2D eigenvalue weighted by molar-refractivity contribution is -0.302. The Kier molecular flexibility index (Phi) is 5.08. The third kappa shape index (κ3) is 3.99. The largest absolute Gasteiger partial charge is 0.453 e. The summed E-state index contributed by atoms with van der Waals surface area (Å²) in [5.74, 6) is -3.27. The number of hydrogen-bond acceptors (Lipinski definition) is 5. The highest BCUT2D eigenvalue weighted by Gasteiger charge is 2.64. The van der Waals surface area contributed by atoms with Crippen molar-refractivity contribution in [2.24, 2.45) is 5.10 Å². The maximum atomic E-state index is 13.4. The van der Waals surface area contributed by atoms with E-state index in [0.717, 1.165) is 0 Å². The maximum Gasteiger partial charge on any atom is 0.438 e. The first-order valence-corrected chi connectivity index (χ1v) is 7.82. The molecule has 26 heavy (non-hydrogen) atoms. The zero-order chi connectivity index (χ0) is 19.9. The third-order valence-electron chi connectivity index (χ3n) is 3.38. The van der Waals surface area contributed by atoms with Crippen LogP contribution in [-0.2, 0) is 14.3 Å². The number of rotatable bonds is 1. The van der Waals surface area contributed by atoms with Crippen LogP contribution in [-0.4, -0.2) is 45.2 Å². The first kappa shape index (κ1) is 20.2. The van der Waals surface area contributed by atoms with Gasteiger partial charge in [0.05, 0.1) is 12.1 Å². The Morgan fingerprint density at radius 1 is 1.23 bits per heavy atom. The Morgan fingerprint density at radius 2 is 1.77 bits per heavy atom. The number of amides is 1. The van der Waals surface area contributed by atoms with Crippen LogP contribution < -0.4 is 0 Å². The average molecular weight is 393 g/mol. The van der Waals surface area contributed by atoms with Gasteiger partial charge >= 0.3 is 18.1 Å². The zero-order valence-electron chi connectivity index (χ0n) is 14.1. The molecule has 0 bridgehead atoms. The first-order chi connectivity index (χ1) is 11.7. The summed E-state index contributed by atoms with van der Waals surface area (Å²) in [5.41, 5.74) is -4.77. The van der Waals surface area contributed by atoms with Gasteiger partial charge < -0.3 is 9.84 Å². The second kappa shape index (κ2) is 6.55. The maximum absolute atomic E-state index is 13.4. The molecule has 1 N–H and O–H groups in total. The lowest BCUT2D eigenvalue weighted by Crippen LogP contribution is -2.58. The van der Waals surface area contributed by atoms with Gasteiger partial charge in [0.2, 0.25) is 0 Å². The van der Waals surface area contributed by atoms with E-state index in [1.54, 1.807) is 0 Å². The lowest BCUT2D eigenvalue weighted by atomic mass is 10.0. The van der Waals surface area contributed by atoms with E-state index in [-0.39, 0.29) is 16.3 Å². The van der Waals surface area contributed by atoms with Gasteiger partial charge in [0.15, 0.2) is 0 Å². The number of alkyl halides is 3. The lowest BCUT2D eigenvalue weighted by Gasteiger charge is -2.32. The van der Waals surface area contributed by atoms with Crippen LogP contribution in [0.3, 0.4) is 0 Å². The van der Waals surface area contributed by atoms with Crippen molar-refractivity contribution in [3.8, 4) is 0 Å². The minimum absolute atomic E-state index is 0.219. The summed E-state index contributed by atoms with van der Waals surface area (Å²) in [7, 11) is 0. The van der Waals surface area contributed by atoms with Gasteiger partial charge in [0.1, 0.15) is 5.60 Å². The molecule has 1 amide bonds. The summed E-state index contributed by atoms with van der Waals surface area (Å²) >= 11 is 5.73. The molecule has 0 aromatic heterocycles. The van der Waals surface area contributed by atoms with Gasteiger partial charge in [-0.1, -0.05) is 23.7 Å². The number of hydrazone groups is 1. The average Bonchev–Trinajstić information content (AvgIpc) is 2.84. The highest BCUT2D eigenvalue weighted by Crippen LogP contribution is 2.41. The van der Waals surface area contributed by atoms with Gasteiger partial charge in [-0.2, -0.15) is 23.3 Å². The number of ether oxygens (including phenoxy) is 1. The molecular formula is C16H16ClF3N2O4. The summed E-state index contributed by atoms with van der Waals surface area (Å²) in [6.45, 7) is 4.33. The van der Waals surface area contributed by atoms with Crippen molar-refractivity contribution in [2.75, 3.05) is 0 Å². The molecule has 1 heterocycles. The van der Waals surface area contributed by atoms with Crippen LogP contribution in [0.15, 0.2) is 29.4 Å². The van der Waals surface area contributed by atoms with Gasteiger partial charge in [-0.15, -0.1) is 0 Å². The highest BCUT2D eigenvalue weighted by atomic mass is 35.5. The van der Waals surface area contributed by atoms with Crippen molar-refractivity contribution in [3.05, 3.63) is 34.9 Å². The molecule has 0 fully saturated rings. The summed E-state index contributed by atoms with van der Waals surface area (Å²) in [5, 5.41) is 13.7. The van der Waals surface area contributed by atoms with Gasteiger partial charge in [-0.05, 0) is 38.5 Å². The van der Waals surface area contributed by atoms with Crippen LogP contribution in [0.5, 0.6) is 0 Å². The minimum Gasteiger partial charge on any atom is -0.453 e. The fourth-order valence-electron chi connectivity index (χ4n) is 2.19. The fraction of sp³-hybridized carbons (Fsp3) is 0.438. The van der Waals surface area contributed by atoms with Gasteiger partial charge in [-0.25, -0.2) is 4.79 Å². The van der Waals surface area contributed by atoms with Crippen LogP contribution in [0, 0.1) is 0 Å². The Balaban J connectivity index is 2.42. The monoisotopic (exact) mass is 392 g/mol. The molecule has 0 spiro atoms. The number of hydrogen-bond donors (Lipinski definition) is 1. The van der Waals surface area contributed by atoms with Crippen LogP contribution in [0.25, 0.3) is 0 Å². The fourth-order valence-corrected chi connectivity index (χ4v) is 2.32. The predicted molar refractivity (Wildman–Crippen MR) is 86.3 cm³/mol. The van der Waals surface area contributed by atoms with Crippen molar-refractivity contribution in [3.63, 3.8) is 0 Å². The van der Waals surface area contributed by atoms with Gasteiger partial charge in [0.25, 0.3) is 5.72 Å².